The van der Waals surface area contributed by atoms with Crippen LogP contribution in [0.2, 0.25) is 0 Å². The smallest absolute Gasteiger partial charge is 0.243 e. The number of carbonyl (C=O) groups is 1. The standard InChI is InChI=1S/C26H31N5O3S/c1-3-21(4-2)31(22-9-7-8-19(16-22)26(27)28)17-25(32)30-20-14-12-18(13-15-20)23-10-5-6-11-24(23)35(29,33)34/h5-16,21H,3-4,17H2,1-2H3,(H3,27,28)(H,30,32)(H2,29,33,34). The van der Waals surface area contributed by atoms with Gasteiger partial charge in [-0.15, -0.1) is 0 Å². The van der Waals surface area contributed by atoms with Gasteiger partial charge in [0.1, 0.15) is 5.84 Å². The number of sulfonamides is 1. The van der Waals surface area contributed by atoms with Gasteiger partial charge in [0.05, 0.1) is 11.4 Å². The van der Waals surface area contributed by atoms with Crippen LogP contribution < -0.4 is 21.1 Å². The molecule has 0 fully saturated rings. The van der Waals surface area contributed by atoms with Gasteiger partial charge in [0.2, 0.25) is 15.9 Å². The minimum absolute atomic E-state index is 0.0232. The van der Waals surface area contributed by atoms with E-state index in [1.54, 1.807) is 48.5 Å². The predicted octanol–water partition coefficient (Wildman–Crippen LogP) is 3.92. The van der Waals surface area contributed by atoms with Crippen molar-refractivity contribution in [1.82, 2.24) is 0 Å². The lowest BCUT2D eigenvalue weighted by molar-refractivity contribution is -0.115. The van der Waals surface area contributed by atoms with E-state index < -0.39 is 10.0 Å². The third-order valence-electron chi connectivity index (χ3n) is 5.86. The van der Waals surface area contributed by atoms with Crippen LogP contribution in [-0.4, -0.2) is 32.7 Å². The van der Waals surface area contributed by atoms with Gasteiger partial charge in [-0.1, -0.05) is 56.3 Å². The number of nitrogen functional groups attached to an aromatic ring is 1. The topological polar surface area (TPSA) is 142 Å². The number of anilines is 2. The third kappa shape index (κ3) is 6.46. The molecule has 0 aromatic heterocycles. The molecular formula is C26H31N5O3S. The molecule has 35 heavy (non-hydrogen) atoms. The van der Waals surface area contributed by atoms with Crippen molar-refractivity contribution < 1.29 is 13.2 Å². The van der Waals surface area contributed by atoms with E-state index in [-0.39, 0.29) is 29.2 Å². The number of amides is 1. The zero-order chi connectivity index (χ0) is 25.6. The third-order valence-corrected chi connectivity index (χ3v) is 6.83. The second kappa shape index (κ2) is 11.2. The van der Waals surface area contributed by atoms with Crippen LogP contribution in [-0.2, 0) is 14.8 Å². The molecule has 9 heteroatoms. The average Bonchev–Trinajstić information content (AvgIpc) is 2.84. The van der Waals surface area contributed by atoms with E-state index in [2.05, 4.69) is 19.2 Å². The second-order valence-electron chi connectivity index (χ2n) is 8.23. The molecule has 184 valence electrons. The molecule has 0 atom stereocenters. The number of primary sulfonamides is 1. The van der Waals surface area contributed by atoms with E-state index in [0.717, 1.165) is 18.5 Å². The molecule has 0 aliphatic carbocycles. The van der Waals surface area contributed by atoms with Crippen molar-refractivity contribution in [3.63, 3.8) is 0 Å². The highest BCUT2D eigenvalue weighted by atomic mass is 32.2. The molecule has 3 rings (SSSR count). The van der Waals surface area contributed by atoms with Crippen LogP contribution in [0.4, 0.5) is 11.4 Å². The Hall–Kier alpha value is -3.69. The zero-order valence-corrected chi connectivity index (χ0v) is 20.7. The normalized spacial score (nSPS) is 11.3. The summed E-state index contributed by atoms with van der Waals surface area (Å²) in [5.41, 5.74) is 8.86. The van der Waals surface area contributed by atoms with Gasteiger partial charge in [-0.05, 0) is 48.7 Å². The first-order valence-corrected chi connectivity index (χ1v) is 12.9. The van der Waals surface area contributed by atoms with E-state index in [1.165, 1.54) is 6.07 Å². The first kappa shape index (κ1) is 25.9. The summed E-state index contributed by atoms with van der Waals surface area (Å²) in [6.45, 7) is 4.28. The van der Waals surface area contributed by atoms with Gasteiger partial charge in [-0.2, -0.15) is 0 Å². The van der Waals surface area contributed by atoms with Crippen LogP contribution in [0.15, 0.2) is 77.7 Å². The lowest BCUT2D eigenvalue weighted by Gasteiger charge is -2.32. The van der Waals surface area contributed by atoms with Crippen LogP contribution in [0, 0.1) is 5.41 Å². The SMILES string of the molecule is CCC(CC)N(CC(=O)Nc1ccc(-c2ccccc2S(N)(=O)=O)cc1)c1cccc(C(=N)N)c1. The monoisotopic (exact) mass is 493 g/mol. The summed E-state index contributed by atoms with van der Waals surface area (Å²) in [6, 6.07) is 20.9. The molecule has 0 radical (unpaired) electrons. The van der Waals surface area contributed by atoms with E-state index in [9.17, 15) is 13.2 Å². The van der Waals surface area contributed by atoms with Crippen LogP contribution in [0.3, 0.4) is 0 Å². The number of rotatable bonds is 10. The molecule has 0 spiro atoms. The number of hydrogen-bond acceptors (Lipinski definition) is 5. The Balaban J connectivity index is 1.80. The fourth-order valence-corrected chi connectivity index (χ4v) is 4.81. The Labute approximate surface area is 206 Å². The van der Waals surface area contributed by atoms with Crippen LogP contribution >= 0.6 is 0 Å². The first-order valence-electron chi connectivity index (χ1n) is 11.4. The van der Waals surface area contributed by atoms with Crippen LogP contribution in [0.1, 0.15) is 32.3 Å². The number of nitrogens with one attached hydrogen (secondary N) is 2. The summed E-state index contributed by atoms with van der Waals surface area (Å²) in [5, 5.41) is 16.0. The van der Waals surface area contributed by atoms with E-state index >= 15 is 0 Å². The number of benzene rings is 3. The molecule has 8 nitrogen and oxygen atoms in total. The van der Waals surface area contributed by atoms with Gasteiger partial charge >= 0.3 is 0 Å². The Morgan fingerprint density at radius 2 is 1.66 bits per heavy atom. The molecule has 3 aromatic carbocycles. The van der Waals surface area contributed by atoms with Crippen molar-refractivity contribution >= 4 is 33.1 Å². The highest BCUT2D eigenvalue weighted by Gasteiger charge is 2.20. The van der Waals surface area contributed by atoms with Crippen LogP contribution in [0.5, 0.6) is 0 Å². The van der Waals surface area contributed by atoms with Crippen molar-refractivity contribution in [3.05, 3.63) is 78.4 Å². The van der Waals surface area contributed by atoms with E-state index in [0.29, 0.717) is 22.4 Å². The van der Waals surface area contributed by atoms with Crippen molar-refractivity contribution in [3.8, 4) is 11.1 Å². The predicted molar refractivity (Wildman–Crippen MR) is 141 cm³/mol. The number of nitrogens with zero attached hydrogens (tertiary/aromatic N) is 1. The molecular weight excluding hydrogens is 462 g/mol. The molecule has 0 unspecified atom stereocenters. The Morgan fingerprint density at radius 1 is 1.00 bits per heavy atom. The van der Waals surface area contributed by atoms with Crippen molar-refractivity contribution in [2.24, 2.45) is 10.9 Å². The molecule has 3 aromatic rings. The molecule has 0 saturated heterocycles. The largest absolute Gasteiger partial charge is 0.384 e. The minimum Gasteiger partial charge on any atom is -0.384 e. The summed E-state index contributed by atoms with van der Waals surface area (Å²) in [6.07, 6.45) is 1.71. The number of amidine groups is 1. The Bertz CT molecular complexity index is 1300. The maximum absolute atomic E-state index is 13.0. The Morgan fingerprint density at radius 3 is 2.26 bits per heavy atom. The van der Waals surface area contributed by atoms with Crippen molar-refractivity contribution in [1.29, 1.82) is 5.41 Å². The fraction of sp³-hybridized carbons (Fsp3) is 0.231. The van der Waals surface area contributed by atoms with Gasteiger partial charge in [0.15, 0.2) is 0 Å². The molecule has 0 bridgehead atoms. The number of nitrogens with two attached hydrogens (primary N) is 2. The molecule has 1 amide bonds. The summed E-state index contributed by atoms with van der Waals surface area (Å²) >= 11 is 0. The van der Waals surface area contributed by atoms with Gasteiger partial charge < -0.3 is 16.0 Å². The maximum atomic E-state index is 13.0. The van der Waals surface area contributed by atoms with Crippen molar-refractivity contribution in [2.45, 2.75) is 37.6 Å². The Kier molecular flexibility index (Phi) is 8.26. The molecule has 6 N–H and O–H groups in total. The van der Waals surface area contributed by atoms with Gasteiger partial charge in [0, 0.05) is 28.5 Å². The van der Waals surface area contributed by atoms with E-state index in [4.69, 9.17) is 16.3 Å². The summed E-state index contributed by atoms with van der Waals surface area (Å²) in [4.78, 5) is 15.0. The fourth-order valence-electron chi connectivity index (χ4n) is 4.05. The summed E-state index contributed by atoms with van der Waals surface area (Å²) < 4.78 is 23.8. The number of hydrogen-bond donors (Lipinski definition) is 4. The lowest BCUT2D eigenvalue weighted by Crippen LogP contribution is -2.40. The quantitative estimate of drug-likeness (QED) is 0.250. The van der Waals surface area contributed by atoms with Gasteiger partial charge in [-0.25, -0.2) is 13.6 Å². The van der Waals surface area contributed by atoms with Gasteiger partial charge in [0.25, 0.3) is 0 Å². The average molecular weight is 494 g/mol. The lowest BCUT2D eigenvalue weighted by atomic mass is 10.1. The first-order chi connectivity index (χ1) is 16.6. The molecule has 0 aliphatic heterocycles. The highest BCUT2D eigenvalue weighted by Crippen LogP contribution is 2.28. The maximum Gasteiger partial charge on any atom is 0.243 e. The molecule has 0 heterocycles. The number of carbonyl (C=O) groups excluding carboxylic acids is 1. The van der Waals surface area contributed by atoms with Crippen molar-refractivity contribution in [2.75, 3.05) is 16.8 Å². The molecule has 0 saturated carbocycles. The molecule has 0 aliphatic rings. The summed E-state index contributed by atoms with van der Waals surface area (Å²) in [5.74, 6) is -0.215. The second-order valence-corrected chi connectivity index (χ2v) is 9.76. The summed E-state index contributed by atoms with van der Waals surface area (Å²) in [7, 11) is -3.87. The van der Waals surface area contributed by atoms with E-state index in [1.807, 2.05) is 23.1 Å². The zero-order valence-electron chi connectivity index (χ0n) is 19.9. The highest BCUT2D eigenvalue weighted by molar-refractivity contribution is 7.89. The van der Waals surface area contributed by atoms with Gasteiger partial charge in [-0.3, -0.25) is 10.2 Å². The van der Waals surface area contributed by atoms with Crippen LogP contribution in [0.25, 0.3) is 11.1 Å². The minimum atomic E-state index is -3.87.